The second kappa shape index (κ2) is 4.01. The first kappa shape index (κ1) is 11.1. The third-order valence-corrected chi connectivity index (χ3v) is 4.25. The van der Waals surface area contributed by atoms with Crippen LogP contribution in [0.5, 0.6) is 0 Å². The van der Waals surface area contributed by atoms with Gasteiger partial charge in [-0.05, 0) is 55.6 Å². The third-order valence-electron chi connectivity index (χ3n) is 4.25. The van der Waals surface area contributed by atoms with Crippen molar-refractivity contribution in [1.82, 2.24) is 4.98 Å². The van der Waals surface area contributed by atoms with Crippen LogP contribution in [0.25, 0.3) is 0 Å². The van der Waals surface area contributed by atoms with E-state index in [1.54, 1.807) is 0 Å². The van der Waals surface area contributed by atoms with Crippen molar-refractivity contribution in [3.8, 4) is 0 Å². The highest BCUT2D eigenvalue weighted by Crippen LogP contribution is 2.38. The minimum absolute atomic E-state index is 0.508. The molecule has 2 aliphatic carbocycles. The molecule has 1 unspecified atom stereocenters. The molecule has 2 aliphatic rings. The van der Waals surface area contributed by atoms with Gasteiger partial charge in [0, 0.05) is 11.7 Å². The smallest absolute Gasteiger partial charge is 0.126 e. The van der Waals surface area contributed by atoms with Crippen molar-refractivity contribution >= 4 is 5.82 Å². The van der Waals surface area contributed by atoms with E-state index in [0.29, 0.717) is 11.5 Å². The molecule has 1 aromatic heterocycles. The maximum atomic E-state index is 4.75. The molecule has 1 aromatic rings. The van der Waals surface area contributed by atoms with Crippen molar-refractivity contribution in [2.24, 2.45) is 5.41 Å². The van der Waals surface area contributed by atoms with E-state index in [2.05, 4.69) is 31.3 Å². The lowest BCUT2D eigenvalue weighted by atomic mass is 9.92. The quantitative estimate of drug-likeness (QED) is 0.840. The van der Waals surface area contributed by atoms with Crippen LogP contribution in [0.15, 0.2) is 12.1 Å². The fourth-order valence-corrected chi connectivity index (χ4v) is 3.27. The molecule has 3 rings (SSSR count). The maximum Gasteiger partial charge on any atom is 0.126 e. The molecule has 92 valence electrons. The summed E-state index contributed by atoms with van der Waals surface area (Å²) in [5.41, 5.74) is 3.29. The molecule has 0 aromatic carbocycles. The lowest BCUT2D eigenvalue weighted by molar-refractivity contribution is 0.378. The van der Waals surface area contributed by atoms with Crippen LogP contribution in [-0.4, -0.2) is 11.0 Å². The highest BCUT2D eigenvalue weighted by Gasteiger charge is 2.30. The second-order valence-corrected chi connectivity index (χ2v) is 6.40. The SMILES string of the molecule is CC1(C)CCC(Nc2ccc3c(n2)CCC3)C1. The molecule has 0 bridgehead atoms. The minimum atomic E-state index is 0.508. The summed E-state index contributed by atoms with van der Waals surface area (Å²) in [6.07, 6.45) is 7.55. The van der Waals surface area contributed by atoms with Crippen LogP contribution in [0.1, 0.15) is 50.8 Å². The summed E-state index contributed by atoms with van der Waals surface area (Å²) >= 11 is 0. The van der Waals surface area contributed by atoms with E-state index in [4.69, 9.17) is 4.98 Å². The molecule has 0 spiro atoms. The van der Waals surface area contributed by atoms with Gasteiger partial charge in [0.2, 0.25) is 0 Å². The Bertz CT molecular complexity index is 423. The zero-order valence-corrected chi connectivity index (χ0v) is 10.9. The number of rotatable bonds is 2. The van der Waals surface area contributed by atoms with E-state index in [9.17, 15) is 0 Å². The van der Waals surface area contributed by atoms with E-state index in [0.717, 1.165) is 5.82 Å². The molecule has 2 nitrogen and oxygen atoms in total. The van der Waals surface area contributed by atoms with Gasteiger partial charge in [-0.1, -0.05) is 19.9 Å². The predicted molar refractivity (Wildman–Crippen MR) is 71.3 cm³/mol. The van der Waals surface area contributed by atoms with Gasteiger partial charge in [0.15, 0.2) is 0 Å². The van der Waals surface area contributed by atoms with Crippen LogP contribution in [-0.2, 0) is 12.8 Å². The Morgan fingerprint density at radius 2 is 2.18 bits per heavy atom. The molecule has 1 fully saturated rings. The fraction of sp³-hybridized carbons (Fsp3) is 0.667. The average Bonchev–Trinajstić information content (AvgIpc) is 2.84. The van der Waals surface area contributed by atoms with E-state index in [-0.39, 0.29) is 0 Å². The van der Waals surface area contributed by atoms with Gasteiger partial charge < -0.3 is 5.32 Å². The monoisotopic (exact) mass is 230 g/mol. The molecular weight excluding hydrogens is 208 g/mol. The highest BCUT2D eigenvalue weighted by atomic mass is 15.0. The van der Waals surface area contributed by atoms with Crippen molar-refractivity contribution in [2.45, 2.75) is 58.4 Å². The van der Waals surface area contributed by atoms with Crippen molar-refractivity contribution < 1.29 is 0 Å². The van der Waals surface area contributed by atoms with Crippen molar-refractivity contribution in [1.29, 1.82) is 0 Å². The zero-order valence-electron chi connectivity index (χ0n) is 10.9. The summed E-state index contributed by atoms with van der Waals surface area (Å²) in [5.74, 6) is 1.09. The number of hydrogen-bond donors (Lipinski definition) is 1. The summed E-state index contributed by atoms with van der Waals surface area (Å²) in [7, 11) is 0. The number of fused-ring (bicyclic) bond motifs is 1. The van der Waals surface area contributed by atoms with Gasteiger partial charge in [0.05, 0.1) is 0 Å². The van der Waals surface area contributed by atoms with Crippen LogP contribution >= 0.6 is 0 Å². The lowest BCUT2D eigenvalue weighted by Crippen LogP contribution is -2.18. The number of aryl methyl sites for hydroxylation is 2. The molecular formula is C15H22N2. The molecule has 1 atom stereocenters. The fourth-order valence-electron chi connectivity index (χ4n) is 3.27. The number of hydrogen-bond acceptors (Lipinski definition) is 2. The Morgan fingerprint density at radius 3 is 2.94 bits per heavy atom. The first-order valence-electron chi connectivity index (χ1n) is 6.88. The van der Waals surface area contributed by atoms with E-state index in [1.165, 1.54) is 49.8 Å². The van der Waals surface area contributed by atoms with Gasteiger partial charge in [0.25, 0.3) is 0 Å². The Hall–Kier alpha value is -1.05. The highest BCUT2D eigenvalue weighted by molar-refractivity contribution is 5.41. The molecule has 0 amide bonds. The Kier molecular flexibility index (Phi) is 2.61. The average molecular weight is 230 g/mol. The van der Waals surface area contributed by atoms with Gasteiger partial charge in [-0.3, -0.25) is 0 Å². The van der Waals surface area contributed by atoms with Crippen molar-refractivity contribution in [3.05, 3.63) is 23.4 Å². The first-order chi connectivity index (χ1) is 8.12. The van der Waals surface area contributed by atoms with Crippen LogP contribution in [0.2, 0.25) is 0 Å². The summed E-state index contributed by atoms with van der Waals surface area (Å²) < 4.78 is 0. The Morgan fingerprint density at radius 1 is 1.29 bits per heavy atom. The van der Waals surface area contributed by atoms with Gasteiger partial charge in [0.1, 0.15) is 5.82 Å². The Balaban J connectivity index is 1.70. The summed E-state index contributed by atoms with van der Waals surface area (Å²) in [6, 6.07) is 5.05. The number of pyridine rings is 1. The molecule has 1 saturated carbocycles. The lowest BCUT2D eigenvalue weighted by Gasteiger charge is -2.18. The summed E-state index contributed by atoms with van der Waals surface area (Å²) in [5, 5.41) is 3.62. The second-order valence-electron chi connectivity index (χ2n) is 6.40. The van der Waals surface area contributed by atoms with Gasteiger partial charge >= 0.3 is 0 Å². The summed E-state index contributed by atoms with van der Waals surface area (Å²) in [4.78, 5) is 4.75. The molecule has 1 N–H and O–H groups in total. The number of nitrogens with one attached hydrogen (secondary N) is 1. The van der Waals surface area contributed by atoms with E-state index in [1.807, 2.05) is 0 Å². The number of anilines is 1. The summed E-state index contributed by atoms with van der Waals surface area (Å²) in [6.45, 7) is 4.73. The largest absolute Gasteiger partial charge is 0.367 e. The molecule has 17 heavy (non-hydrogen) atoms. The van der Waals surface area contributed by atoms with Gasteiger partial charge in [-0.15, -0.1) is 0 Å². The van der Waals surface area contributed by atoms with Crippen molar-refractivity contribution in [2.75, 3.05) is 5.32 Å². The first-order valence-corrected chi connectivity index (χ1v) is 6.88. The predicted octanol–water partition coefficient (Wildman–Crippen LogP) is 3.56. The molecule has 1 heterocycles. The zero-order chi connectivity index (χ0) is 11.9. The van der Waals surface area contributed by atoms with E-state index < -0.39 is 0 Å². The van der Waals surface area contributed by atoms with Gasteiger partial charge in [-0.2, -0.15) is 0 Å². The topological polar surface area (TPSA) is 24.9 Å². The van der Waals surface area contributed by atoms with Crippen LogP contribution < -0.4 is 5.32 Å². The normalized spacial score (nSPS) is 25.9. The van der Waals surface area contributed by atoms with Crippen molar-refractivity contribution in [3.63, 3.8) is 0 Å². The van der Waals surface area contributed by atoms with Crippen LogP contribution in [0.4, 0.5) is 5.82 Å². The van der Waals surface area contributed by atoms with Crippen LogP contribution in [0, 0.1) is 5.41 Å². The maximum absolute atomic E-state index is 4.75. The number of aromatic nitrogens is 1. The Labute approximate surface area is 104 Å². The van der Waals surface area contributed by atoms with Gasteiger partial charge in [-0.25, -0.2) is 4.98 Å². The molecule has 0 radical (unpaired) electrons. The standard InChI is InChI=1S/C15H22N2/c1-15(2)9-8-12(10-15)16-14-7-6-11-4-3-5-13(11)17-14/h6-7,12H,3-5,8-10H2,1-2H3,(H,16,17). The third kappa shape index (κ3) is 2.31. The number of nitrogens with zero attached hydrogens (tertiary/aromatic N) is 1. The van der Waals surface area contributed by atoms with E-state index >= 15 is 0 Å². The van der Waals surface area contributed by atoms with Crippen LogP contribution in [0.3, 0.4) is 0 Å². The minimum Gasteiger partial charge on any atom is -0.367 e. The molecule has 0 saturated heterocycles. The molecule has 2 heteroatoms. The molecule has 0 aliphatic heterocycles.